The summed E-state index contributed by atoms with van der Waals surface area (Å²) in [6.07, 6.45) is 0. The second-order valence-corrected chi connectivity index (χ2v) is 15.8. The third-order valence-electron chi connectivity index (χ3n) is 11.5. The molecule has 0 aliphatic carbocycles. The fourth-order valence-corrected chi connectivity index (χ4v) is 8.88. The van der Waals surface area contributed by atoms with Crippen molar-refractivity contribution in [3.8, 4) is 27.9 Å². The fraction of sp³-hybridized carbons (Fsp3) is 0.0800. The van der Waals surface area contributed by atoms with Gasteiger partial charge in [-0.1, -0.05) is 148 Å². The third kappa shape index (κ3) is 4.63. The second-order valence-electron chi connectivity index (χ2n) is 15.8. The molecule has 8 aromatic carbocycles. The van der Waals surface area contributed by atoms with Crippen molar-refractivity contribution < 1.29 is 4.42 Å². The lowest BCUT2D eigenvalue weighted by molar-refractivity contribution is 0.590. The molecule has 11 rings (SSSR count). The van der Waals surface area contributed by atoms with Crippen LogP contribution in [0.4, 0.5) is 11.4 Å². The van der Waals surface area contributed by atoms with Crippen LogP contribution >= 0.6 is 0 Å². The number of benzene rings is 8. The fourth-order valence-electron chi connectivity index (χ4n) is 8.88. The third-order valence-corrected chi connectivity index (χ3v) is 11.5. The normalized spacial score (nSPS) is 12.5. The lowest BCUT2D eigenvalue weighted by Gasteiger charge is -2.27. The van der Waals surface area contributed by atoms with Crippen LogP contribution in [0.25, 0.3) is 82.5 Å². The minimum absolute atomic E-state index is 0.0442. The Morgan fingerprint density at radius 2 is 1.28 bits per heavy atom. The van der Waals surface area contributed by atoms with Gasteiger partial charge in [0.15, 0.2) is 12.9 Å². The standard InChI is InChI=1S/C50H37BN2O/c1-50(2,3)33-24-26-42(52-43-21-12-19-38-35-17-9-10-22-45(35)54-49(38)43)39(29-33)40-27-32(30-13-5-4-6-14-30)28-44-46(40)51-41-20-11-18-36-37-25-23-31-15-7-8-16-34(31)47(37)53(44)48(36)41/h4-29,51-52H,1-3H3. The van der Waals surface area contributed by atoms with Crippen LogP contribution in [0.5, 0.6) is 0 Å². The monoisotopic (exact) mass is 692 g/mol. The van der Waals surface area contributed by atoms with E-state index in [0.717, 1.165) is 40.6 Å². The minimum atomic E-state index is -0.0442. The van der Waals surface area contributed by atoms with Gasteiger partial charge in [0.25, 0.3) is 0 Å². The van der Waals surface area contributed by atoms with Gasteiger partial charge in [-0.25, -0.2) is 0 Å². The summed E-state index contributed by atoms with van der Waals surface area (Å²) in [6, 6.07) is 57.6. The van der Waals surface area contributed by atoms with Gasteiger partial charge >= 0.3 is 0 Å². The summed E-state index contributed by atoms with van der Waals surface area (Å²) in [7, 11) is 0.837. The molecule has 0 saturated heterocycles. The summed E-state index contributed by atoms with van der Waals surface area (Å²) in [4.78, 5) is 0. The Bertz CT molecular complexity index is 3140. The summed E-state index contributed by atoms with van der Waals surface area (Å²) < 4.78 is 9.10. The highest BCUT2D eigenvalue weighted by Crippen LogP contribution is 2.43. The van der Waals surface area contributed by atoms with E-state index in [-0.39, 0.29) is 5.41 Å². The molecule has 0 fully saturated rings. The average molecular weight is 693 g/mol. The van der Waals surface area contributed by atoms with Gasteiger partial charge in [0, 0.05) is 49.4 Å². The maximum atomic E-state index is 6.52. The summed E-state index contributed by atoms with van der Waals surface area (Å²) in [5.41, 5.74) is 16.3. The Balaban J connectivity index is 1.23. The van der Waals surface area contributed by atoms with E-state index >= 15 is 0 Å². The van der Waals surface area contributed by atoms with Crippen LogP contribution < -0.4 is 16.2 Å². The van der Waals surface area contributed by atoms with Crippen molar-refractivity contribution in [2.75, 3.05) is 5.32 Å². The van der Waals surface area contributed by atoms with Crippen molar-refractivity contribution in [2.24, 2.45) is 0 Å². The molecule has 0 spiro atoms. The van der Waals surface area contributed by atoms with Crippen molar-refractivity contribution in [2.45, 2.75) is 26.2 Å². The van der Waals surface area contributed by atoms with E-state index in [1.165, 1.54) is 77.0 Å². The lowest BCUT2D eigenvalue weighted by atomic mass is 9.58. The number of rotatable bonds is 4. The van der Waals surface area contributed by atoms with E-state index in [2.05, 4.69) is 176 Å². The number of hydrogen-bond acceptors (Lipinski definition) is 2. The molecular weight excluding hydrogens is 655 g/mol. The Hall–Kier alpha value is -6.52. The minimum Gasteiger partial charge on any atom is -0.454 e. The number of para-hydroxylation sites is 3. The molecule has 2 aromatic heterocycles. The van der Waals surface area contributed by atoms with Gasteiger partial charge in [-0.3, -0.25) is 0 Å². The van der Waals surface area contributed by atoms with E-state index in [9.17, 15) is 0 Å². The molecule has 1 N–H and O–H groups in total. The highest BCUT2D eigenvalue weighted by molar-refractivity contribution is 6.73. The summed E-state index contributed by atoms with van der Waals surface area (Å²) in [5.74, 6) is 0. The molecule has 0 bridgehead atoms. The van der Waals surface area contributed by atoms with Crippen LogP contribution in [0.15, 0.2) is 162 Å². The van der Waals surface area contributed by atoms with E-state index < -0.39 is 0 Å². The van der Waals surface area contributed by atoms with Crippen LogP contribution in [0.1, 0.15) is 26.3 Å². The van der Waals surface area contributed by atoms with Crippen LogP contribution in [0.3, 0.4) is 0 Å². The van der Waals surface area contributed by atoms with E-state index in [4.69, 9.17) is 4.42 Å². The molecule has 0 unspecified atom stereocenters. The molecule has 0 atom stereocenters. The maximum Gasteiger partial charge on any atom is 0.198 e. The van der Waals surface area contributed by atoms with Gasteiger partial charge < -0.3 is 14.3 Å². The molecule has 0 saturated carbocycles. The molecule has 1 aliphatic heterocycles. The number of fused-ring (bicyclic) bond motifs is 10. The van der Waals surface area contributed by atoms with Crippen molar-refractivity contribution in [1.29, 1.82) is 0 Å². The Morgan fingerprint density at radius 1 is 0.537 bits per heavy atom. The van der Waals surface area contributed by atoms with Crippen molar-refractivity contribution in [3.63, 3.8) is 0 Å². The van der Waals surface area contributed by atoms with Gasteiger partial charge in [0.05, 0.1) is 11.2 Å². The quantitative estimate of drug-likeness (QED) is 0.186. The van der Waals surface area contributed by atoms with Gasteiger partial charge in [0.1, 0.15) is 5.58 Å². The van der Waals surface area contributed by atoms with Gasteiger partial charge in [-0.2, -0.15) is 0 Å². The Labute approximate surface area is 314 Å². The molecule has 10 aromatic rings. The van der Waals surface area contributed by atoms with Crippen LogP contribution in [-0.4, -0.2) is 11.8 Å². The SMILES string of the molecule is CC(C)(C)c1ccc(Nc2cccc3c2oc2ccccc23)c(-c2cc(-c3ccccc3)cc3c2Bc2cccc4c5ccc6ccccc6c5n-3c24)c1. The summed E-state index contributed by atoms with van der Waals surface area (Å²) >= 11 is 0. The first-order valence-electron chi connectivity index (χ1n) is 18.9. The number of aromatic nitrogens is 1. The number of anilines is 2. The molecule has 1 aliphatic rings. The molecule has 256 valence electrons. The molecule has 3 nitrogen and oxygen atoms in total. The largest absolute Gasteiger partial charge is 0.454 e. The highest BCUT2D eigenvalue weighted by Gasteiger charge is 2.28. The van der Waals surface area contributed by atoms with E-state index in [1.54, 1.807) is 0 Å². The van der Waals surface area contributed by atoms with Crippen molar-refractivity contribution >= 4 is 84.1 Å². The van der Waals surface area contributed by atoms with Gasteiger partial charge in [-0.15, -0.1) is 0 Å². The zero-order valence-corrected chi connectivity index (χ0v) is 30.6. The molecule has 4 heteroatoms. The number of furan rings is 1. The first kappa shape index (κ1) is 31.1. The summed E-state index contributed by atoms with van der Waals surface area (Å²) in [6.45, 7) is 6.90. The maximum absolute atomic E-state index is 6.52. The summed E-state index contributed by atoms with van der Waals surface area (Å²) in [5, 5.41) is 11.3. The van der Waals surface area contributed by atoms with Crippen molar-refractivity contribution in [1.82, 2.24) is 4.57 Å². The van der Waals surface area contributed by atoms with E-state index in [0.29, 0.717) is 0 Å². The predicted octanol–water partition coefficient (Wildman–Crippen LogP) is 11.9. The smallest absolute Gasteiger partial charge is 0.198 e. The first-order chi connectivity index (χ1) is 26.4. The Morgan fingerprint density at radius 3 is 2.15 bits per heavy atom. The second kappa shape index (κ2) is 11.5. The first-order valence-corrected chi connectivity index (χ1v) is 18.9. The van der Waals surface area contributed by atoms with Crippen LogP contribution in [-0.2, 0) is 5.41 Å². The molecule has 54 heavy (non-hydrogen) atoms. The van der Waals surface area contributed by atoms with Crippen LogP contribution in [0, 0.1) is 0 Å². The zero-order valence-electron chi connectivity index (χ0n) is 30.6. The lowest BCUT2D eigenvalue weighted by Crippen LogP contribution is -2.37. The molecule has 3 heterocycles. The van der Waals surface area contributed by atoms with Crippen molar-refractivity contribution in [3.05, 3.63) is 163 Å². The highest BCUT2D eigenvalue weighted by atomic mass is 16.3. The Kier molecular flexibility index (Phi) is 6.61. The molecule has 0 radical (unpaired) electrons. The number of nitrogens with one attached hydrogen (secondary N) is 1. The van der Waals surface area contributed by atoms with Gasteiger partial charge in [-0.05, 0) is 74.9 Å². The van der Waals surface area contributed by atoms with Gasteiger partial charge in [0.2, 0.25) is 0 Å². The molecular formula is C50H37BN2O. The van der Waals surface area contributed by atoms with E-state index in [1.807, 2.05) is 12.1 Å². The topological polar surface area (TPSA) is 30.1 Å². The zero-order chi connectivity index (χ0) is 36.1. The number of hydrogen-bond donors (Lipinski definition) is 1. The number of nitrogens with zero attached hydrogens (tertiary/aromatic N) is 1. The van der Waals surface area contributed by atoms with Crippen LogP contribution in [0.2, 0.25) is 0 Å². The predicted molar refractivity (Wildman–Crippen MR) is 231 cm³/mol. The molecule has 0 amide bonds. The average Bonchev–Trinajstić information content (AvgIpc) is 3.76.